The highest BCUT2D eigenvalue weighted by Crippen LogP contribution is 2.26. The first kappa shape index (κ1) is 20.9. The lowest BCUT2D eigenvalue weighted by Gasteiger charge is -2.12. The third kappa shape index (κ3) is 4.78. The summed E-state index contributed by atoms with van der Waals surface area (Å²) in [6, 6.07) is 12.5. The molecule has 30 heavy (non-hydrogen) atoms. The van der Waals surface area contributed by atoms with Crippen molar-refractivity contribution in [1.29, 1.82) is 5.26 Å². The number of amides is 1. The SMILES string of the molecule is COc1ccc2nc(C)c(C(=O)Nc3ccc(OCC(F)(F)F)c(C#N)c3)cc2c1. The van der Waals surface area contributed by atoms with Gasteiger partial charge in [-0.1, -0.05) is 0 Å². The third-order valence-electron chi connectivity index (χ3n) is 4.21. The molecular formula is C21H16F3N3O3. The number of nitrogens with zero attached hydrogens (tertiary/aromatic N) is 2. The molecule has 0 aliphatic rings. The molecule has 0 fully saturated rings. The van der Waals surface area contributed by atoms with Gasteiger partial charge in [-0.05, 0) is 49.4 Å². The van der Waals surface area contributed by atoms with E-state index in [4.69, 9.17) is 4.74 Å². The summed E-state index contributed by atoms with van der Waals surface area (Å²) in [5, 5.41) is 12.5. The summed E-state index contributed by atoms with van der Waals surface area (Å²) in [6.07, 6.45) is -4.52. The number of carbonyl (C=O) groups excluding carboxylic acids is 1. The Labute approximate surface area is 169 Å². The van der Waals surface area contributed by atoms with Crippen LogP contribution in [-0.4, -0.2) is 30.8 Å². The average molecular weight is 415 g/mol. The zero-order valence-corrected chi connectivity index (χ0v) is 16.0. The average Bonchev–Trinajstić information content (AvgIpc) is 2.71. The number of aromatic nitrogens is 1. The van der Waals surface area contributed by atoms with Gasteiger partial charge < -0.3 is 14.8 Å². The van der Waals surface area contributed by atoms with Crippen LogP contribution < -0.4 is 14.8 Å². The van der Waals surface area contributed by atoms with Crippen molar-refractivity contribution in [3.8, 4) is 17.6 Å². The van der Waals surface area contributed by atoms with Gasteiger partial charge >= 0.3 is 6.18 Å². The molecule has 1 N–H and O–H groups in total. The molecule has 0 atom stereocenters. The quantitative estimate of drug-likeness (QED) is 0.658. The summed E-state index contributed by atoms with van der Waals surface area (Å²) in [4.78, 5) is 17.1. The molecular weight excluding hydrogens is 399 g/mol. The van der Waals surface area contributed by atoms with Crippen LogP contribution in [0.3, 0.4) is 0 Å². The van der Waals surface area contributed by atoms with Crippen molar-refractivity contribution in [2.45, 2.75) is 13.1 Å². The summed E-state index contributed by atoms with van der Waals surface area (Å²) >= 11 is 0. The Bertz CT molecular complexity index is 1150. The fraction of sp³-hybridized carbons (Fsp3) is 0.190. The molecule has 0 aliphatic heterocycles. The van der Waals surface area contributed by atoms with Crippen molar-refractivity contribution in [2.75, 3.05) is 19.0 Å². The summed E-state index contributed by atoms with van der Waals surface area (Å²) in [5.41, 5.74) is 1.61. The van der Waals surface area contributed by atoms with E-state index in [9.17, 15) is 23.2 Å². The van der Waals surface area contributed by atoms with Gasteiger partial charge in [-0.25, -0.2) is 0 Å². The van der Waals surface area contributed by atoms with Crippen LogP contribution in [0.2, 0.25) is 0 Å². The lowest BCUT2D eigenvalue weighted by molar-refractivity contribution is -0.153. The van der Waals surface area contributed by atoms with E-state index in [-0.39, 0.29) is 17.0 Å². The number of aryl methyl sites for hydroxylation is 1. The number of carbonyl (C=O) groups is 1. The lowest BCUT2D eigenvalue weighted by Crippen LogP contribution is -2.19. The summed E-state index contributed by atoms with van der Waals surface area (Å²) in [5.74, 6) is -0.0753. The van der Waals surface area contributed by atoms with E-state index in [2.05, 4.69) is 15.0 Å². The van der Waals surface area contributed by atoms with Crippen LogP contribution >= 0.6 is 0 Å². The minimum absolute atomic E-state index is 0.129. The molecule has 1 amide bonds. The molecule has 0 bridgehead atoms. The Morgan fingerprint density at radius 3 is 2.63 bits per heavy atom. The van der Waals surface area contributed by atoms with Gasteiger partial charge in [0.15, 0.2) is 6.61 Å². The number of nitriles is 1. The highest BCUT2D eigenvalue weighted by molar-refractivity contribution is 6.07. The molecule has 0 radical (unpaired) electrons. The van der Waals surface area contributed by atoms with Crippen LogP contribution in [0.25, 0.3) is 10.9 Å². The summed E-state index contributed by atoms with van der Waals surface area (Å²) in [7, 11) is 1.53. The van der Waals surface area contributed by atoms with E-state index >= 15 is 0 Å². The first-order valence-corrected chi connectivity index (χ1v) is 8.70. The number of fused-ring (bicyclic) bond motifs is 1. The number of alkyl halides is 3. The predicted molar refractivity (Wildman–Crippen MR) is 104 cm³/mol. The number of hydrogen-bond acceptors (Lipinski definition) is 5. The molecule has 9 heteroatoms. The van der Waals surface area contributed by atoms with Gasteiger partial charge in [0.1, 0.15) is 17.6 Å². The fourth-order valence-electron chi connectivity index (χ4n) is 2.79. The second-order valence-corrected chi connectivity index (χ2v) is 6.36. The zero-order chi connectivity index (χ0) is 21.9. The number of methoxy groups -OCH3 is 1. The largest absolute Gasteiger partial charge is 0.497 e. The molecule has 1 aromatic heterocycles. The second-order valence-electron chi connectivity index (χ2n) is 6.36. The molecule has 0 aliphatic carbocycles. The highest BCUT2D eigenvalue weighted by atomic mass is 19.4. The monoisotopic (exact) mass is 415 g/mol. The minimum Gasteiger partial charge on any atom is -0.497 e. The van der Waals surface area contributed by atoms with E-state index in [0.29, 0.717) is 27.9 Å². The summed E-state index contributed by atoms with van der Waals surface area (Å²) in [6.45, 7) is 0.173. The minimum atomic E-state index is -4.52. The van der Waals surface area contributed by atoms with Crippen molar-refractivity contribution in [3.63, 3.8) is 0 Å². The molecule has 1 heterocycles. The van der Waals surface area contributed by atoms with Gasteiger partial charge in [0.25, 0.3) is 5.91 Å². The molecule has 2 aromatic carbocycles. The van der Waals surface area contributed by atoms with E-state index in [1.165, 1.54) is 25.3 Å². The van der Waals surface area contributed by atoms with Gasteiger partial charge in [0.2, 0.25) is 0 Å². The zero-order valence-electron chi connectivity index (χ0n) is 16.0. The lowest BCUT2D eigenvalue weighted by atomic mass is 10.1. The fourth-order valence-corrected chi connectivity index (χ4v) is 2.79. The standard InChI is InChI=1S/C21H16F3N3O3/c1-12-17(9-13-8-16(29-2)4-5-18(13)26-12)20(28)27-15-3-6-19(14(7-15)10-25)30-11-21(22,23)24/h3-9H,11H2,1-2H3,(H,27,28). The number of anilines is 1. The van der Waals surface area contributed by atoms with Crippen LogP contribution in [0.15, 0.2) is 42.5 Å². The number of nitrogens with one attached hydrogen (secondary N) is 1. The first-order chi connectivity index (χ1) is 14.2. The van der Waals surface area contributed by atoms with Crippen molar-refractivity contribution in [2.24, 2.45) is 0 Å². The Morgan fingerprint density at radius 1 is 1.20 bits per heavy atom. The Kier molecular flexibility index (Phi) is 5.78. The number of rotatable bonds is 5. The van der Waals surface area contributed by atoms with Crippen LogP contribution in [0.4, 0.5) is 18.9 Å². The van der Waals surface area contributed by atoms with Crippen molar-refractivity contribution in [3.05, 3.63) is 59.3 Å². The highest BCUT2D eigenvalue weighted by Gasteiger charge is 2.29. The molecule has 0 saturated carbocycles. The molecule has 0 saturated heterocycles. The van der Waals surface area contributed by atoms with Gasteiger partial charge in [-0.2, -0.15) is 18.4 Å². The predicted octanol–water partition coefficient (Wildman–Crippen LogP) is 4.62. The number of halogens is 3. The van der Waals surface area contributed by atoms with Crippen molar-refractivity contribution >= 4 is 22.5 Å². The molecule has 3 aromatic rings. The molecule has 0 spiro atoms. The van der Waals surface area contributed by atoms with E-state index in [1.807, 2.05) is 0 Å². The molecule has 0 unspecified atom stereocenters. The Morgan fingerprint density at radius 2 is 1.97 bits per heavy atom. The van der Waals surface area contributed by atoms with E-state index in [0.717, 1.165) is 0 Å². The van der Waals surface area contributed by atoms with Crippen LogP contribution in [0.5, 0.6) is 11.5 Å². The van der Waals surface area contributed by atoms with Crippen LogP contribution in [0.1, 0.15) is 21.6 Å². The maximum Gasteiger partial charge on any atom is 0.422 e. The number of ether oxygens (including phenoxy) is 2. The first-order valence-electron chi connectivity index (χ1n) is 8.70. The molecule has 154 valence electrons. The molecule has 6 nitrogen and oxygen atoms in total. The second kappa shape index (κ2) is 8.29. The smallest absolute Gasteiger partial charge is 0.422 e. The third-order valence-corrected chi connectivity index (χ3v) is 4.21. The number of hydrogen-bond donors (Lipinski definition) is 1. The van der Waals surface area contributed by atoms with Gasteiger partial charge in [-0.15, -0.1) is 0 Å². The van der Waals surface area contributed by atoms with Gasteiger partial charge in [0, 0.05) is 11.1 Å². The van der Waals surface area contributed by atoms with Gasteiger partial charge in [0.05, 0.1) is 29.4 Å². The van der Waals surface area contributed by atoms with Crippen LogP contribution in [-0.2, 0) is 0 Å². The maximum atomic E-state index is 12.7. The van der Waals surface area contributed by atoms with E-state index in [1.54, 1.807) is 37.3 Å². The normalized spacial score (nSPS) is 11.1. The summed E-state index contributed by atoms with van der Waals surface area (Å²) < 4.78 is 46.8. The Hall–Kier alpha value is -3.80. The molecule has 3 rings (SSSR count). The number of pyridine rings is 1. The maximum absolute atomic E-state index is 12.7. The topological polar surface area (TPSA) is 84.2 Å². The Balaban J connectivity index is 1.85. The van der Waals surface area contributed by atoms with E-state index < -0.39 is 18.7 Å². The van der Waals surface area contributed by atoms with Crippen molar-refractivity contribution in [1.82, 2.24) is 4.98 Å². The number of benzene rings is 2. The van der Waals surface area contributed by atoms with Gasteiger partial charge in [-0.3, -0.25) is 9.78 Å². The van der Waals surface area contributed by atoms with Crippen LogP contribution in [0, 0.1) is 18.3 Å². The van der Waals surface area contributed by atoms with Crippen molar-refractivity contribution < 1.29 is 27.4 Å².